The molecule has 1 aromatic carbocycles. The van der Waals surface area contributed by atoms with Crippen molar-refractivity contribution < 1.29 is 8.78 Å². The van der Waals surface area contributed by atoms with E-state index in [1.807, 2.05) is 19.1 Å². The van der Waals surface area contributed by atoms with Crippen LogP contribution in [-0.4, -0.2) is 4.98 Å². The summed E-state index contributed by atoms with van der Waals surface area (Å²) in [6.07, 6.45) is 0.956. The summed E-state index contributed by atoms with van der Waals surface area (Å²) in [5.74, 6) is -1.48. The lowest BCUT2D eigenvalue weighted by Gasteiger charge is -2.13. The number of nitrogens with one attached hydrogen (secondary N) is 1. The van der Waals surface area contributed by atoms with Crippen molar-refractivity contribution in [3.63, 3.8) is 0 Å². The molecule has 2 nitrogen and oxygen atoms in total. The van der Waals surface area contributed by atoms with Crippen LogP contribution < -0.4 is 5.32 Å². The van der Waals surface area contributed by atoms with Crippen LogP contribution in [-0.2, 0) is 0 Å². The molecule has 94 valence electrons. The van der Waals surface area contributed by atoms with E-state index < -0.39 is 11.6 Å². The van der Waals surface area contributed by atoms with Crippen molar-refractivity contribution in [2.45, 2.75) is 12.3 Å². The van der Waals surface area contributed by atoms with Crippen molar-refractivity contribution in [2.24, 2.45) is 0 Å². The molecule has 0 saturated carbocycles. The lowest BCUT2D eigenvalue weighted by molar-refractivity contribution is 0.576. The first kappa shape index (κ1) is 12.8. The van der Waals surface area contributed by atoms with Gasteiger partial charge in [0.25, 0.3) is 0 Å². The van der Waals surface area contributed by atoms with Crippen LogP contribution >= 0.6 is 11.6 Å². The fraction of sp³-hybridized carbons (Fsp3) is 0.154. The summed E-state index contributed by atoms with van der Waals surface area (Å²) in [4.78, 5) is 3.67. The van der Waals surface area contributed by atoms with Crippen LogP contribution in [0.1, 0.15) is 17.9 Å². The van der Waals surface area contributed by atoms with Gasteiger partial charge in [-0.05, 0) is 18.6 Å². The smallest absolute Gasteiger partial charge is 0.168 e. The summed E-state index contributed by atoms with van der Waals surface area (Å²) >= 11 is 6.03. The van der Waals surface area contributed by atoms with Gasteiger partial charge < -0.3 is 5.32 Å². The van der Waals surface area contributed by atoms with Crippen molar-refractivity contribution in [3.8, 4) is 0 Å². The zero-order valence-corrected chi connectivity index (χ0v) is 10.4. The highest BCUT2D eigenvalue weighted by atomic mass is 35.5. The molecule has 1 aromatic heterocycles. The molecule has 0 fully saturated rings. The molecule has 0 bridgehead atoms. The van der Waals surface area contributed by atoms with E-state index in [0.29, 0.717) is 5.69 Å². The summed E-state index contributed by atoms with van der Waals surface area (Å²) in [6, 6.07) is 8.02. The van der Waals surface area contributed by atoms with Crippen LogP contribution in [0.25, 0.3) is 0 Å². The van der Waals surface area contributed by atoms with Gasteiger partial charge in [-0.1, -0.05) is 18.2 Å². The maximum atomic E-state index is 13.5. The highest BCUT2D eigenvalue weighted by Gasteiger charge is 2.10. The van der Waals surface area contributed by atoms with Gasteiger partial charge >= 0.3 is 0 Å². The molecule has 0 aliphatic carbocycles. The molecule has 1 atom stereocenters. The Morgan fingerprint density at radius 1 is 1.28 bits per heavy atom. The number of pyridine rings is 1. The average Bonchev–Trinajstić information content (AvgIpc) is 2.33. The van der Waals surface area contributed by atoms with Crippen molar-refractivity contribution in [1.29, 1.82) is 0 Å². The van der Waals surface area contributed by atoms with Crippen molar-refractivity contribution in [1.82, 2.24) is 4.98 Å². The summed E-state index contributed by atoms with van der Waals surface area (Å²) in [7, 11) is 0. The molecule has 18 heavy (non-hydrogen) atoms. The average molecular weight is 269 g/mol. The Hall–Kier alpha value is -1.68. The first-order valence-corrected chi connectivity index (χ1v) is 5.82. The molecule has 1 heterocycles. The third kappa shape index (κ3) is 2.76. The third-order valence-electron chi connectivity index (χ3n) is 2.45. The van der Waals surface area contributed by atoms with Gasteiger partial charge in [-0.2, -0.15) is 0 Å². The Kier molecular flexibility index (Phi) is 3.77. The number of benzene rings is 1. The van der Waals surface area contributed by atoms with Crippen molar-refractivity contribution in [3.05, 3.63) is 53.7 Å². The number of halogens is 3. The lowest BCUT2D eigenvalue weighted by Crippen LogP contribution is -2.01. The third-order valence-corrected chi connectivity index (χ3v) is 2.69. The zero-order valence-electron chi connectivity index (χ0n) is 9.62. The van der Waals surface area contributed by atoms with Crippen LogP contribution in [0.2, 0.25) is 0 Å². The van der Waals surface area contributed by atoms with Gasteiger partial charge in [-0.3, -0.25) is 0 Å². The van der Waals surface area contributed by atoms with Gasteiger partial charge in [-0.25, -0.2) is 13.8 Å². The molecule has 2 aromatic rings. The molecular weight excluding hydrogens is 258 g/mol. The highest BCUT2D eigenvalue weighted by molar-refractivity contribution is 6.21. The number of hydrogen-bond acceptors (Lipinski definition) is 2. The van der Waals surface area contributed by atoms with Gasteiger partial charge in [0.05, 0.1) is 11.6 Å². The van der Waals surface area contributed by atoms with Gasteiger partial charge in [-0.15, -0.1) is 11.6 Å². The van der Waals surface area contributed by atoms with Gasteiger partial charge in [0.15, 0.2) is 11.6 Å². The fourth-order valence-corrected chi connectivity index (χ4v) is 1.78. The van der Waals surface area contributed by atoms with Gasteiger partial charge in [0.1, 0.15) is 5.82 Å². The Bertz CT molecular complexity index is 558. The van der Waals surface area contributed by atoms with Crippen molar-refractivity contribution in [2.75, 3.05) is 5.32 Å². The molecule has 0 aliphatic rings. The van der Waals surface area contributed by atoms with E-state index in [1.165, 1.54) is 0 Å². The largest absolute Gasteiger partial charge is 0.338 e. The second-order valence-electron chi connectivity index (χ2n) is 3.81. The van der Waals surface area contributed by atoms with Crippen LogP contribution in [0.3, 0.4) is 0 Å². The lowest BCUT2D eigenvalue weighted by atomic mass is 10.1. The predicted octanol–water partition coefficient (Wildman–Crippen LogP) is 4.40. The maximum absolute atomic E-state index is 13.5. The highest BCUT2D eigenvalue weighted by Crippen LogP contribution is 2.29. The molecule has 1 unspecified atom stereocenters. The van der Waals surface area contributed by atoms with Crippen LogP contribution in [0.5, 0.6) is 0 Å². The first-order valence-electron chi connectivity index (χ1n) is 5.39. The quantitative estimate of drug-likeness (QED) is 0.835. The summed E-state index contributed by atoms with van der Waals surface area (Å²) in [5, 5.41) is 2.59. The number of alkyl halides is 1. The minimum absolute atomic E-state index is 0.0267. The predicted molar refractivity (Wildman–Crippen MR) is 68.1 cm³/mol. The molecule has 5 heteroatoms. The Balaban J connectivity index is 2.34. The Morgan fingerprint density at radius 3 is 2.67 bits per heavy atom. The number of para-hydroxylation sites is 1. The molecular formula is C13H11ClF2N2. The molecule has 0 spiro atoms. The molecule has 0 radical (unpaired) electrons. The molecule has 1 N–H and O–H groups in total. The Morgan fingerprint density at radius 2 is 2.00 bits per heavy atom. The number of rotatable bonds is 3. The minimum Gasteiger partial charge on any atom is -0.338 e. The van der Waals surface area contributed by atoms with E-state index in [1.54, 1.807) is 12.1 Å². The van der Waals surface area contributed by atoms with E-state index in [-0.39, 0.29) is 11.2 Å². The molecule has 0 saturated heterocycles. The molecule has 2 rings (SSSR count). The van der Waals surface area contributed by atoms with E-state index in [0.717, 1.165) is 17.8 Å². The second kappa shape index (κ2) is 5.31. The molecule has 0 aliphatic heterocycles. The normalized spacial score (nSPS) is 12.2. The van der Waals surface area contributed by atoms with Crippen LogP contribution in [0.15, 0.2) is 36.5 Å². The van der Waals surface area contributed by atoms with Crippen LogP contribution in [0, 0.1) is 11.6 Å². The van der Waals surface area contributed by atoms with Crippen LogP contribution in [0.4, 0.5) is 20.3 Å². The number of anilines is 2. The fourth-order valence-electron chi connectivity index (χ4n) is 1.59. The monoisotopic (exact) mass is 268 g/mol. The number of aromatic nitrogens is 1. The first-order chi connectivity index (χ1) is 8.58. The maximum Gasteiger partial charge on any atom is 0.168 e. The molecule has 0 amide bonds. The van der Waals surface area contributed by atoms with E-state index >= 15 is 0 Å². The van der Waals surface area contributed by atoms with E-state index in [4.69, 9.17) is 11.6 Å². The van der Waals surface area contributed by atoms with Crippen molar-refractivity contribution >= 4 is 23.1 Å². The van der Waals surface area contributed by atoms with Gasteiger partial charge in [0, 0.05) is 11.8 Å². The minimum atomic E-state index is -0.743. The standard InChI is InChI=1S/C13H11ClF2N2/c1-8(14)10-4-2-3-5-12(10)18-13-11(16)6-9(15)7-17-13/h2-8H,1H3,(H,17,18). The SMILES string of the molecule is CC(Cl)c1ccccc1Nc1ncc(F)cc1F. The summed E-state index contributed by atoms with van der Waals surface area (Å²) in [5.41, 5.74) is 1.47. The zero-order chi connectivity index (χ0) is 13.1. The topological polar surface area (TPSA) is 24.9 Å². The van der Waals surface area contributed by atoms with E-state index in [2.05, 4.69) is 10.3 Å². The number of nitrogens with zero attached hydrogens (tertiary/aromatic N) is 1. The van der Waals surface area contributed by atoms with E-state index in [9.17, 15) is 8.78 Å². The summed E-state index contributed by atoms with van der Waals surface area (Å²) < 4.78 is 26.2. The second-order valence-corrected chi connectivity index (χ2v) is 4.47. The van der Waals surface area contributed by atoms with Gasteiger partial charge in [0.2, 0.25) is 0 Å². The number of hydrogen-bond donors (Lipinski definition) is 1. The summed E-state index contributed by atoms with van der Waals surface area (Å²) in [6.45, 7) is 1.82. The Labute approximate surface area is 109 Å².